The third kappa shape index (κ3) is 3.51. The highest BCUT2D eigenvalue weighted by atomic mass is 32.2. The van der Waals surface area contributed by atoms with E-state index in [1.165, 1.54) is 24.5 Å². The Kier molecular flexibility index (Phi) is 5.14. The highest BCUT2D eigenvalue weighted by molar-refractivity contribution is 7.89. The zero-order valence-corrected chi connectivity index (χ0v) is 17.1. The Morgan fingerprint density at radius 2 is 1.70 bits per heavy atom. The predicted octanol–water partition coefficient (Wildman–Crippen LogP) is 3.36. The molecule has 2 aromatic rings. The fourth-order valence-electron chi connectivity index (χ4n) is 3.49. The first kappa shape index (κ1) is 19.6. The Morgan fingerprint density at radius 3 is 2.22 bits per heavy atom. The molecule has 1 saturated carbocycles. The zero-order valence-electron chi connectivity index (χ0n) is 16.2. The van der Waals surface area contributed by atoms with Crippen molar-refractivity contribution in [1.82, 2.24) is 9.62 Å². The molecule has 27 heavy (non-hydrogen) atoms. The molecule has 1 amide bonds. The summed E-state index contributed by atoms with van der Waals surface area (Å²) in [5.41, 5.74) is 2.56. The number of aryl methyl sites for hydroxylation is 1. The van der Waals surface area contributed by atoms with Gasteiger partial charge in [-0.25, -0.2) is 12.7 Å². The van der Waals surface area contributed by atoms with Gasteiger partial charge in [-0.2, -0.15) is 0 Å². The third-order valence-electron chi connectivity index (χ3n) is 5.53. The van der Waals surface area contributed by atoms with Crippen LogP contribution >= 0.6 is 0 Å². The molecular formula is C21H26N2O3S. The number of nitrogens with zero attached hydrogens (tertiary/aromatic N) is 1. The van der Waals surface area contributed by atoms with E-state index in [0.717, 1.165) is 30.4 Å². The lowest BCUT2D eigenvalue weighted by Gasteiger charge is -2.43. The van der Waals surface area contributed by atoms with Gasteiger partial charge in [-0.3, -0.25) is 4.79 Å². The van der Waals surface area contributed by atoms with E-state index in [4.69, 9.17) is 0 Å². The molecule has 0 saturated heterocycles. The van der Waals surface area contributed by atoms with E-state index in [1.807, 2.05) is 37.3 Å². The van der Waals surface area contributed by atoms with E-state index < -0.39 is 10.0 Å². The van der Waals surface area contributed by atoms with Crippen molar-refractivity contribution in [2.75, 3.05) is 14.1 Å². The summed E-state index contributed by atoms with van der Waals surface area (Å²) in [6.07, 6.45) is 2.83. The number of benzene rings is 2. The molecule has 1 N–H and O–H groups in total. The van der Waals surface area contributed by atoms with E-state index in [-0.39, 0.29) is 16.3 Å². The maximum atomic E-state index is 13.0. The Balaban J connectivity index is 1.97. The van der Waals surface area contributed by atoms with Crippen LogP contribution in [0.25, 0.3) is 0 Å². The molecular weight excluding hydrogens is 360 g/mol. The predicted molar refractivity (Wildman–Crippen MR) is 106 cm³/mol. The number of hydrogen-bond donors (Lipinski definition) is 1. The quantitative estimate of drug-likeness (QED) is 0.857. The molecule has 2 aromatic carbocycles. The minimum atomic E-state index is -3.62. The van der Waals surface area contributed by atoms with Crippen LogP contribution in [0, 0.1) is 13.8 Å². The van der Waals surface area contributed by atoms with Gasteiger partial charge in [0.25, 0.3) is 5.91 Å². The first-order valence-corrected chi connectivity index (χ1v) is 10.5. The lowest BCUT2D eigenvalue weighted by molar-refractivity contribution is 0.0823. The molecule has 0 heterocycles. The molecule has 0 atom stereocenters. The fourth-order valence-corrected chi connectivity index (χ4v) is 4.70. The van der Waals surface area contributed by atoms with Crippen molar-refractivity contribution in [1.29, 1.82) is 0 Å². The minimum absolute atomic E-state index is 0.181. The first-order valence-electron chi connectivity index (χ1n) is 9.09. The number of hydrogen-bond acceptors (Lipinski definition) is 3. The number of carbonyl (C=O) groups is 1. The van der Waals surface area contributed by atoms with Gasteiger partial charge in [0.1, 0.15) is 0 Å². The summed E-state index contributed by atoms with van der Waals surface area (Å²) in [5.74, 6) is -0.239. The minimum Gasteiger partial charge on any atom is -0.343 e. The average molecular weight is 387 g/mol. The Hall–Kier alpha value is -2.18. The lowest BCUT2D eigenvalue weighted by atomic mass is 9.71. The van der Waals surface area contributed by atoms with Crippen molar-refractivity contribution in [3.8, 4) is 0 Å². The summed E-state index contributed by atoms with van der Waals surface area (Å²) in [6, 6.07) is 13.2. The van der Waals surface area contributed by atoms with Crippen molar-refractivity contribution in [2.24, 2.45) is 0 Å². The molecule has 0 unspecified atom stereocenters. The van der Waals surface area contributed by atoms with E-state index in [2.05, 4.69) is 5.32 Å². The lowest BCUT2D eigenvalue weighted by Crippen LogP contribution is -2.50. The molecule has 0 aliphatic heterocycles. The number of rotatable bonds is 5. The Morgan fingerprint density at radius 1 is 1.07 bits per heavy atom. The van der Waals surface area contributed by atoms with Crippen molar-refractivity contribution in [2.45, 2.75) is 43.5 Å². The second-order valence-corrected chi connectivity index (χ2v) is 9.58. The molecule has 0 spiro atoms. The van der Waals surface area contributed by atoms with Crippen molar-refractivity contribution < 1.29 is 13.2 Å². The maximum absolute atomic E-state index is 13.0. The zero-order chi connectivity index (χ0) is 19.8. The molecule has 1 aliphatic carbocycles. The number of amides is 1. The molecule has 0 radical (unpaired) electrons. The van der Waals surface area contributed by atoms with Crippen LogP contribution in [0.15, 0.2) is 47.4 Å². The van der Waals surface area contributed by atoms with Crippen LogP contribution in [0.5, 0.6) is 0 Å². The fraction of sp³-hybridized carbons (Fsp3) is 0.381. The summed E-state index contributed by atoms with van der Waals surface area (Å²) in [4.78, 5) is 13.2. The third-order valence-corrected chi connectivity index (χ3v) is 7.47. The van der Waals surface area contributed by atoms with Gasteiger partial charge in [-0.15, -0.1) is 0 Å². The molecule has 1 fully saturated rings. The summed E-state index contributed by atoms with van der Waals surface area (Å²) < 4.78 is 26.5. The van der Waals surface area contributed by atoms with Crippen LogP contribution in [0.3, 0.4) is 0 Å². The first-order chi connectivity index (χ1) is 12.7. The van der Waals surface area contributed by atoms with E-state index in [1.54, 1.807) is 13.0 Å². The summed E-state index contributed by atoms with van der Waals surface area (Å²) in [6.45, 7) is 3.60. The topological polar surface area (TPSA) is 66.5 Å². The maximum Gasteiger partial charge on any atom is 0.252 e. The second-order valence-electron chi connectivity index (χ2n) is 7.46. The van der Waals surface area contributed by atoms with E-state index >= 15 is 0 Å². The van der Waals surface area contributed by atoms with Crippen molar-refractivity contribution in [3.63, 3.8) is 0 Å². The normalized spacial score (nSPS) is 16.0. The van der Waals surface area contributed by atoms with Crippen LogP contribution in [0.4, 0.5) is 0 Å². The molecule has 0 bridgehead atoms. The summed E-state index contributed by atoms with van der Waals surface area (Å²) in [7, 11) is -0.629. The van der Waals surface area contributed by atoms with Gasteiger partial charge >= 0.3 is 0 Å². The standard InChI is InChI=1S/C21H26N2O3S/c1-15-13-17(14-19(16(15)2)27(25,26)23(3)4)20(24)22-21(11-8-12-21)18-9-6-5-7-10-18/h5-7,9-10,13-14H,8,11-12H2,1-4H3,(H,22,24). The molecule has 3 rings (SSSR count). The Labute approximate surface area is 161 Å². The second kappa shape index (κ2) is 7.09. The van der Waals surface area contributed by atoms with Gasteiger partial charge in [-0.05, 0) is 61.9 Å². The largest absolute Gasteiger partial charge is 0.343 e. The van der Waals surface area contributed by atoms with E-state index in [0.29, 0.717) is 11.1 Å². The van der Waals surface area contributed by atoms with E-state index in [9.17, 15) is 13.2 Å². The van der Waals surface area contributed by atoms with Crippen LogP contribution in [-0.4, -0.2) is 32.7 Å². The van der Waals surface area contributed by atoms with Gasteiger partial charge in [0.05, 0.1) is 10.4 Å². The molecule has 6 heteroatoms. The van der Waals surface area contributed by atoms with Gasteiger partial charge in [-0.1, -0.05) is 30.3 Å². The Bertz CT molecular complexity index is 962. The smallest absolute Gasteiger partial charge is 0.252 e. The SMILES string of the molecule is Cc1cc(C(=O)NC2(c3ccccc3)CCC2)cc(S(=O)(=O)N(C)C)c1C. The van der Waals surface area contributed by atoms with Gasteiger partial charge < -0.3 is 5.32 Å². The average Bonchev–Trinajstić information content (AvgIpc) is 2.60. The van der Waals surface area contributed by atoms with Crippen LogP contribution in [0.2, 0.25) is 0 Å². The van der Waals surface area contributed by atoms with Crippen LogP contribution in [0.1, 0.15) is 46.3 Å². The number of nitrogens with one attached hydrogen (secondary N) is 1. The van der Waals surface area contributed by atoms with Gasteiger partial charge in [0.15, 0.2) is 0 Å². The molecule has 1 aliphatic rings. The number of sulfonamides is 1. The van der Waals surface area contributed by atoms with Crippen LogP contribution in [-0.2, 0) is 15.6 Å². The van der Waals surface area contributed by atoms with Gasteiger partial charge in [0, 0.05) is 19.7 Å². The molecule has 5 nitrogen and oxygen atoms in total. The highest BCUT2D eigenvalue weighted by Gasteiger charge is 2.40. The number of carbonyl (C=O) groups excluding carboxylic acids is 1. The van der Waals surface area contributed by atoms with Gasteiger partial charge in [0.2, 0.25) is 10.0 Å². The summed E-state index contributed by atoms with van der Waals surface area (Å²) in [5, 5.41) is 3.17. The molecule has 144 valence electrons. The van der Waals surface area contributed by atoms with Crippen molar-refractivity contribution >= 4 is 15.9 Å². The summed E-state index contributed by atoms with van der Waals surface area (Å²) >= 11 is 0. The van der Waals surface area contributed by atoms with Crippen molar-refractivity contribution in [3.05, 3.63) is 64.7 Å². The highest BCUT2D eigenvalue weighted by Crippen LogP contribution is 2.41. The molecule has 0 aromatic heterocycles. The van der Waals surface area contributed by atoms with Crippen LogP contribution < -0.4 is 5.32 Å². The monoisotopic (exact) mass is 386 g/mol.